The van der Waals surface area contributed by atoms with Crippen molar-refractivity contribution in [2.45, 2.75) is 12.2 Å². The lowest BCUT2D eigenvalue weighted by Crippen LogP contribution is -2.56. The normalized spacial score (nSPS) is 25.7. The molecule has 9 heavy (non-hydrogen) atoms. The van der Waals surface area contributed by atoms with E-state index in [4.69, 9.17) is 5.14 Å². The van der Waals surface area contributed by atoms with E-state index in [9.17, 15) is 4.55 Å². The molecule has 0 aliphatic carbocycles. The number of hydrogen-bond donors (Lipinski definition) is 1. The summed E-state index contributed by atoms with van der Waals surface area (Å²) in [5.74, 6) is 0. The second kappa shape index (κ2) is 2.88. The van der Waals surface area contributed by atoms with Crippen LogP contribution in [0.4, 0.5) is 0 Å². The molecule has 0 spiro atoms. The fourth-order valence-electron chi connectivity index (χ4n) is 0.928. The van der Waals surface area contributed by atoms with Gasteiger partial charge in [-0.25, -0.2) is 0 Å². The van der Waals surface area contributed by atoms with E-state index in [0.29, 0.717) is 0 Å². The van der Waals surface area contributed by atoms with Gasteiger partial charge in [0.2, 0.25) is 0 Å². The summed E-state index contributed by atoms with van der Waals surface area (Å²) in [5.41, 5.74) is 0. The first-order valence-electron chi connectivity index (χ1n) is 3.11. The van der Waals surface area contributed by atoms with Crippen LogP contribution in [0.1, 0.15) is 6.92 Å². The number of nitrogens with two attached hydrogens (primary N) is 1. The number of rotatable bonds is 2. The minimum atomic E-state index is -1.09. The minimum absolute atomic E-state index is 0.241. The molecule has 1 heterocycles. The molecule has 1 fully saturated rings. The Balaban J connectivity index is 2.12. The molecule has 1 unspecified atom stereocenters. The second-order valence-corrected chi connectivity index (χ2v) is 3.63. The van der Waals surface area contributed by atoms with E-state index >= 15 is 0 Å². The van der Waals surface area contributed by atoms with E-state index in [0.717, 1.165) is 19.6 Å². The molecule has 0 radical (unpaired) electrons. The summed E-state index contributed by atoms with van der Waals surface area (Å²) < 4.78 is 10.5. The first kappa shape index (κ1) is 7.34. The molecule has 1 aliphatic heterocycles. The zero-order chi connectivity index (χ0) is 6.85. The highest BCUT2D eigenvalue weighted by molar-refractivity contribution is 7.89. The van der Waals surface area contributed by atoms with Crippen LogP contribution in [0.15, 0.2) is 0 Å². The Morgan fingerprint density at radius 2 is 2.33 bits per heavy atom. The van der Waals surface area contributed by atoms with Crippen molar-refractivity contribution in [3.8, 4) is 0 Å². The lowest BCUT2D eigenvalue weighted by atomic mass is 10.2. The van der Waals surface area contributed by atoms with Crippen LogP contribution in [-0.4, -0.2) is 34.3 Å². The molecule has 0 aromatic rings. The van der Waals surface area contributed by atoms with Gasteiger partial charge in [-0.15, -0.1) is 0 Å². The van der Waals surface area contributed by atoms with Crippen LogP contribution in [0, 0.1) is 0 Å². The van der Waals surface area contributed by atoms with E-state index < -0.39 is 11.4 Å². The zero-order valence-corrected chi connectivity index (χ0v) is 6.36. The standard InChI is InChI=1S/C5H12N2OS/c1-2-7-3-5(4-7)9(6)8/h5H,2-4,6H2,1H3. The minimum Gasteiger partial charge on any atom is -0.598 e. The van der Waals surface area contributed by atoms with E-state index in [1.54, 1.807) is 0 Å². The van der Waals surface area contributed by atoms with Crippen LogP contribution in [0.25, 0.3) is 0 Å². The lowest BCUT2D eigenvalue weighted by molar-refractivity contribution is 0.195. The summed E-state index contributed by atoms with van der Waals surface area (Å²) in [6.45, 7) is 4.97. The molecule has 1 atom stereocenters. The van der Waals surface area contributed by atoms with Gasteiger partial charge in [-0.1, -0.05) is 6.92 Å². The Morgan fingerprint density at radius 1 is 1.78 bits per heavy atom. The Bertz CT molecular complexity index is 93.0. The highest BCUT2D eigenvalue weighted by Gasteiger charge is 2.33. The van der Waals surface area contributed by atoms with Gasteiger partial charge in [0.05, 0.1) is 0 Å². The van der Waals surface area contributed by atoms with Crippen LogP contribution in [0.2, 0.25) is 0 Å². The molecule has 1 aliphatic rings. The van der Waals surface area contributed by atoms with Gasteiger partial charge >= 0.3 is 0 Å². The smallest absolute Gasteiger partial charge is 0.160 e. The Hall–Kier alpha value is 0.230. The molecule has 0 aromatic carbocycles. The summed E-state index contributed by atoms with van der Waals surface area (Å²) in [5, 5.41) is 5.40. The second-order valence-electron chi connectivity index (χ2n) is 2.30. The van der Waals surface area contributed by atoms with Crippen LogP contribution in [0.5, 0.6) is 0 Å². The third kappa shape index (κ3) is 1.58. The van der Waals surface area contributed by atoms with E-state index in [1.165, 1.54) is 0 Å². The van der Waals surface area contributed by atoms with Crippen molar-refractivity contribution in [3.05, 3.63) is 0 Å². The van der Waals surface area contributed by atoms with Crippen molar-refractivity contribution in [2.24, 2.45) is 5.14 Å². The topological polar surface area (TPSA) is 52.3 Å². The van der Waals surface area contributed by atoms with Gasteiger partial charge in [0.1, 0.15) is 0 Å². The van der Waals surface area contributed by atoms with Crippen LogP contribution in [-0.2, 0) is 11.4 Å². The fraction of sp³-hybridized carbons (Fsp3) is 1.00. The molecule has 54 valence electrons. The highest BCUT2D eigenvalue weighted by Crippen LogP contribution is 2.12. The Kier molecular flexibility index (Phi) is 2.35. The van der Waals surface area contributed by atoms with Gasteiger partial charge < -0.3 is 4.55 Å². The summed E-state index contributed by atoms with van der Waals surface area (Å²) >= 11 is -1.09. The summed E-state index contributed by atoms with van der Waals surface area (Å²) in [7, 11) is 0. The zero-order valence-electron chi connectivity index (χ0n) is 5.54. The molecule has 1 rings (SSSR count). The Morgan fingerprint density at radius 3 is 2.67 bits per heavy atom. The fourth-order valence-corrected chi connectivity index (χ4v) is 1.64. The first-order valence-corrected chi connectivity index (χ1v) is 4.39. The van der Waals surface area contributed by atoms with Crippen molar-refractivity contribution in [1.29, 1.82) is 0 Å². The quantitative estimate of drug-likeness (QED) is 0.527. The third-order valence-electron chi connectivity index (χ3n) is 1.70. The van der Waals surface area contributed by atoms with E-state index in [-0.39, 0.29) is 5.25 Å². The molecule has 0 amide bonds. The highest BCUT2D eigenvalue weighted by atomic mass is 32.2. The van der Waals surface area contributed by atoms with Gasteiger partial charge in [-0.3, -0.25) is 4.90 Å². The molecule has 3 nitrogen and oxygen atoms in total. The number of nitrogens with zero attached hydrogens (tertiary/aromatic N) is 1. The molecular formula is C5H12N2OS. The van der Waals surface area contributed by atoms with Crippen molar-refractivity contribution in [3.63, 3.8) is 0 Å². The van der Waals surface area contributed by atoms with Gasteiger partial charge in [0.25, 0.3) is 0 Å². The average Bonchev–Trinajstić information content (AvgIpc) is 1.61. The molecular weight excluding hydrogens is 136 g/mol. The van der Waals surface area contributed by atoms with Crippen LogP contribution in [0.3, 0.4) is 0 Å². The summed E-state index contributed by atoms with van der Waals surface area (Å²) in [4.78, 5) is 2.22. The van der Waals surface area contributed by atoms with Crippen molar-refractivity contribution in [2.75, 3.05) is 19.6 Å². The third-order valence-corrected chi connectivity index (χ3v) is 2.65. The van der Waals surface area contributed by atoms with Crippen molar-refractivity contribution in [1.82, 2.24) is 4.90 Å². The monoisotopic (exact) mass is 148 g/mol. The number of hydrogen-bond acceptors (Lipinski definition) is 3. The maximum Gasteiger partial charge on any atom is 0.160 e. The average molecular weight is 148 g/mol. The van der Waals surface area contributed by atoms with E-state index in [1.807, 2.05) is 0 Å². The van der Waals surface area contributed by atoms with Gasteiger partial charge in [0.15, 0.2) is 5.25 Å². The molecule has 2 N–H and O–H groups in total. The van der Waals surface area contributed by atoms with Crippen LogP contribution < -0.4 is 5.14 Å². The summed E-state index contributed by atoms with van der Waals surface area (Å²) in [6, 6.07) is 0. The maximum atomic E-state index is 10.5. The summed E-state index contributed by atoms with van der Waals surface area (Å²) in [6.07, 6.45) is 0. The van der Waals surface area contributed by atoms with Gasteiger partial charge in [-0.05, 0) is 6.54 Å². The number of likely N-dealkylation sites (tertiary alicyclic amines) is 1. The van der Waals surface area contributed by atoms with Gasteiger partial charge in [0, 0.05) is 24.5 Å². The predicted octanol–water partition coefficient (Wildman–Crippen LogP) is -0.687. The molecule has 4 heteroatoms. The lowest BCUT2D eigenvalue weighted by Gasteiger charge is -2.36. The van der Waals surface area contributed by atoms with Crippen LogP contribution >= 0.6 is 0 Å². The predicted molar refractivity (Wildman–Crippen MR) is 38.2 cm³/mol. The van der Waals surface area contributed by atoms with Crippen molar-refractivity contribution >= 4 is 11.4 Å². The molecule has 0 saturated carbocycles. The van der Waals surface area contributed by atoms with Gasteiger partial charge in [-0.2, -0.15) is 5.14 Å². The largest absolute Gasteiger partial charge is 0.598 e. The molecule has 0 bridgehead atoms. The maximum absolute atomic E-state index is 10.5. The Labute approximate surface area is 58.5 Å². The first-order chi connectivity index (χ1) is 4.24. The molecule has 0 aromatic heterocycles. The molecule has 1 saturated heterocycles. The SMILES string of the molecule is CCN1CC([S+](N)[O-])C1. The van der Waals surface area contributed by atoms with Crippen molar-refractivity contribution < 1.29 is 4.55 Å². The van der Waals surface area contributed by atoms with E-state index in [2.05, 4.69) is 11.8 Å².